The zero-order chi connectivity index (χ0) is 16.0. The van der Waals surface area contributed by atoms with E-state index in [1.807, 2.05) is 0 Å². The number of esters is 2. The van der Waals surface area contributed by atoms with Crippen molar-refractivity contribution in [3.63, 3.8) is 0 Å². The average Bonchev–Trinajstić information content (AvgIpc) is 2.95. The summed E-state index contributed by atoms with van der Waals surface area (Å²) in [6, 6.07) is 2.06. The van der Waals surface area contributed by atoms with Crippen LogP contribution in [0, 0.1) is 10.1 Å². The highest BCUT2D eigenvalue weighted by molar-refractivity contribution is 5.95. The summed E-state index contributed by atoms with van der Waals surface area (Å²) >= 11 is 0. The molecule has 21 heavy (non-hydrogen) atoms. The van der Waals surface area contributed by atoms with Crippen LogP contribution < -0.4 is 0 Å². The molecule has 0 aliphatic heterocycles. The molecule has 0 N–H and O–H groups in total. The number of rotatable bonds is 6. The second-order valence-corrected chi connectivity index (χ2v) is 3.71. The smallest absolute Gasteiger partial charge is 0.433 e. The largest absolute Gasteiger partial charge is 0.468 e. The SMILES string of the molecule is COC(=O)CN(CC(=O)OC)C(=O)c1ccc([N+](=O)[O-])o1. The Morgan fingerprint density at radius 3 is 2.10 bits per heavy atom. The minimum Gasteiger partial charge on any atom is -0.468 e. The number of furan rings is 1. The minimum atomic E-state index is -0.876. The van der Waals surface area contributed by atoms with Crippen molar-refractivity contribution in [3.05, 3.63) is 28.0 Å². The maximum atomic E-state index is 12.1. The monoisotopic (exact) mass is 300 g/mol. The van der Waals surface area contributed by atoms with Crippen LogP contribution in [-0.4, -0.2) is 55.0 Å². The van der Waals surface area contributed by atoms with Gasteiger partial charge in [0.25, 0.3) is 5.91 Å². The van der Waals surface area contributed by atoms with E-state index in [0.717, 1.165) is 31.3 Å². The zero-order valence-electron chi connectivity index (χ0n) is 11.2. The van der Waals surface area contributed by atoms with E-state index in [0.29, 0.717) is 0 Å². The Kier molecular flexibility index (Phi) is 5.40. The Bertz CT molecular complexity index is 546. The van der Waals surface area contributed by atoms with Gasteiger partial charge in [0, 0.05) is 0 Å². The number of nitro groups is 1. The normalized spacial score (nSPS) is 9.81. The number of nitrogens with zero attached hydrogens (tertiary/aromatic N) is 2. The topological polar surface area (TPSA) is 129 Å². The van der Waals surface area contributed by atoms with Gasteiger partial charge in [-0.2, -0.15) is 0 Å². The maximum Gasteiger partial charge on any atom is 0.433 e. The van der Waals surface area contributed by atoms with Gasteiger partial charge >= 0.3 is 17.8 Å². The van der Waals surface area contributed by atoms with Crippen LogP contribution in [0.1, 0.15) is 10.6 Å². The van der Waals surface area contributed by atoms with Crippen LogP contribution >= 0.6 is 0 Å². The van der Waals surface area contributed by atoms with Gasteiger partial charge in [-0.1, -0.05) is 0 Å². The van der Waals surface area contributed by atoms with Crippen LogP contribution in [0.3, 0.4) is 0 Å². The van der Waals surface area contributed by atoms with Crippen molar-refractivity contribution in [3.8, 4) is 0 Å². The van der Waals surface area contributed by atoms with Gasteiger partial charge in [0.15, 0.2) is 5.76 Å². The molecule has 0 radical (unpaired) electrons. The number of methoxy groups -OCH3 is 2. The van der Waals surface area contributed by atoms with E-state index in [9.17, 15) is 24.5 Å². The first-order valence-corrected chi connectivity index (χ1v) is 5.56. The quantitative estimate of drug-likeness (QED) is 0.407. The molecule has 10 nitrogen and oxygen atoms in total. The molecular weight excluding hydrogens is 288 g/mol. The fraction of sp³-hybridized carbons (Fsp3) is 0.364. The third-order valence-corrected chi connectivity index (χ3v) is 2.37. The lowest BCUT2D eigenvalue weighted by Crippen LogP contribution is -2.40. The highest BCUT2D eigenvalue weighted by atomic mass is 16.6. The van der Waals surface area contributed by atoms with Gasteiger partial charge in [-0.05, 0) is 6.07 Å². The van der Waals surface area contributed by atoms with Gasteiger partial charge in [-0.3, -0.25) is 24.5 Å². The standard InChI is InChI=1S/C11H12N2O8/c1-19-9(14)5-12(6-10(15)20-2)11(16)7-3-4-8(21-7)13(17)18/h3-4H,5-6H2,1-2H3. The predicted molar refractivity (Wildman–Crippen MR) is 65.3 cm³/mol. The van der Waals surface area contributed by atoms with Crippen LogP contribution in [-0.2, 0) is 19.1 Å². The molecule has 1 rings (SSSR count). The van der Waals surface area contributed by atoms with Crippen LogP contribution in [0.2, 0.25) is 0 Å². The molecule has 114 valence electrons. The lowest BCUT2D eigenvalue weighted by atomic mass is 10.3. The van der Waals surface area contributed by atoms with E-state index in [4.69, 9.17) is 4.42 Å². The molecule has 0 bridgehead atoms. The predicted octanol–water partition coefficient (Wildman–Crippen LogP) is -0.0240. The van der Waals surface area contributed by atoms with Crippen molar-refractivity contribution in [2.45, 2.75) is 0 Å². The zero-order valence-corrected chi connectivity index (χ0v) is 11.2. The number of carbonyl (C=O) groups is 3. The third-order valence-electron chi connectivity index (χ3n) is 2.37. The molecule has 0 saturated carbocycles. The lowest BCUT2D eigenvalue weighted by Gasteiger charge is -2.18. The molecule has 1 aromatic heterocycles. The summed E-state index contributed by atoms with van der Waals surface area (Å²) < 4.78 is 13.5. The molecule has 0 saturated heterocycles. The first-order valence-electron chi connectivity index (χ1n) is 5.56. The molecule has 0 fully saturated rings. The number of amides is 1. The molecule has 1 amide bonds. The van der Waals surface area contributed by atoms with Gasteiger partial charge in [0.05, 0.1) is 20.3 Å². The Balaban J connectivity index is 2.94. The molecule has 0 spiro atoms. The number of hydrogen-bond acceptors (Lipinski definition) is 8. The summed E-state index contributed by atoms with van der Waals surface area (Å²) in [6.45, 7) is -1.06. The van der Waals surface area contributed by atoms with Crippen molar-refractivity contribution < 1.29 is 33.2 Å². The second-order valence-electron chi connectivity index (χ2n) is 3.71. The highest BCUT2D eigenvalue weighted by Gasteiger charge is 2.26. The summed E-state index contributed by atoms with van der Waals surface area (Å²) in [4.78, 5) is 45.0. The first-order chi connectivity index (χ1) is 9.88. The van der Waals surface area contributed by atoms with Gasteiger partial charge in [0.1, 0.15) is 18.0 Å². The Hall–Kier alpha value is -2.91. The molecule has 1 aromatic rings. The Morgan fingerprint density at radius 1 is 1.19 bits per heavy atom. The molecule has 0 aliphatic carbocycles. The van der Waals surface area contributed by atoms with Gasteiger partial charge in [0.2, 0.25) is 0 Å². The van der Waals surface area contributed by atoms with Crippen molar-refractivity contribution in [1.82, 2.24) is 4.90 Å². The molecule has 0 atom stereocenters. The van der Waals surface area contributed by atoms with Gasteiger partial charge in [-0.15, -0.1) is 0 Å². The minimum absolute atomic E-state index is 0.380. The molecular formula is C11H12N2O8. The summed E-state index contributed by atoms with van der Waals surface area (Å²) in [6.07, 6.45) is 0. The fourth-order valence-electron chi connectivity index (χ4n) is 1.34. The molecule has 0 aliphatic rings. The van der Waals surface area contributed by atoms with E-state index in [2.05, 4.69) is 9.47 Å². The van der Waals surface area contributed by atoms with E-state index in [-0.39, 0.29) is 5.76 Å². The van der Waals surface area contributed by atoms with E-state index in [1.165, 1.54) is 0 Å². The van der Waals surface area contributed by atoms with Crippen molar-refractivity contribution in [2.75, 3.05) is 27.3 Å². The second kappa shape index (κ2) is 7.03. The number of hydrogen-bond donors (Lipinski definition) is 0. The number of ether oxygens (including phenoxy) is 2. The first kappa shape index (κ1) is 16.1. The van der Waals surface area contributed by atoms with Gasteiger partial charge < -0.3 is 18.8 Å². The Morgan fingerprint density at radius 2 is 1.71 bits per heavy atom. The fourth-order valence-corrected chi connectivity index (χ4v) is 1.34. The van der Waals surface area contributed by atoms with E-state index >= 15 is 0 Å². The maximum absolute atomic E-state index is 12.1. The van der Waals surface area contributed by atoms with Crippen molar-refractivity contribution >= 4 is 23.7 Å². The highest BCUT2D eigenvalue weighted by Crippen LogP contribution is 2.17. The molecule has 0 aromatic carbocycles. The van der Waals surface area contributed by atoms with E-state index < -0.39 is 41.7 Å². The van der Waals surface area contributed by atoms with Crippen molar-refractivity contribution in [1.29, 1.82) is 0 Å². The molecule has 1 heterocycles. The average molecular weight is 300 g/mol. The van der Waals surface area contributed by atoms with Crippen LogP contribution in [0.4, 0.5) is 5.88 Å². The summed E-state index contributed by atoms with van der Waals surface area (Å²) in [7, 11) is 2.22. The number of carbonyl (C=O) groups excluding carboxylic acids is 3. The van der Waals surface area contributed by atoms with Crippen molar-refractivity contribution in [2.24, 2.45) is 0 Å². The molecule has 0 unspecified atom stereocenters. The summed E-state index contributed by atoms with van der Waals surface area (Å²) in [5.41, 5.74) is 0. The van der Waals surface area contributed by atoms with Crippen LogP contribution in [0.25, 0.3) is 0 Å². The van der Waals surface area contributed by atoms with E-state index in [1.54, 1.807) is 0 Å². The third kappa shape index (κ3) is 4.30. The van der Waals surface area contributed by atoms with Crippen LogP contribution in [0.5, 0.6) is 0 Å². The summed E-state index contributed by atoms with van der Waals surface area (Å²) in [5, 5.41) is 10.5. The van der Waals surface area contributed by atoms with Gasteiger partial charge in [-0.25, -0.2) is 0 Å². The molecule has 10 heteroatoms. The Labute approximate surface area is 118 Å². The summed E-state index contributed by atoms with van der Waals surface area (Å²) in [5.74, 6) is -3.43. The lowest BCUT2D eigenvalue weighted by molar-refractivity contribution is -0.402. The van der Waals surface area contributed by atoms with Crippen LogP contribution in [0.15, 0.2) is 16.5 Å².